The lowest BCUT2D eigenvalue weighted by Crippen LogP contribution is -2.14. The highest BCUT2D eigenvalue weighted by Crippen LogP contribution is 2.18. The number of nitrogens with one attached hydrogen (secondary N) is 2. The van der Waals surface area contributed by atoms with Crippen molar-refractivity contribution in [1.29, 1.82) is 0 Å². The van der Waals surface area contributed by atoms with Gasteiger partial charge in [-0.3, -0.25) is 9.59 Å². The van der Waals surface area contributed by atoms with Crippen LogP contribution in [0.5, 0.6) is 11.5 Å². The average Bonchev–Trinajstić information content (AvgIpc) is 2.78. The highest BCUT2D eigenvalue weighted by molar-refractivity contribution is 6.05. The molecule has 0 spiro atoms. The molecule has 0 bridgehead atoms. The van der Waals surface area contributed by atoms with Gasteiger partial charge < -0.3 is 20.1 Å². The van der Waals surface area contributed by atoms with Crippen LogP contribution in [-0.2, 0) is 4.79 Å². The first-order chi connectivity index (χ1) is 14.6. The van der Waals surface area contributed by atoms with E-state index in [2.05, 4.69) is 10.6 Å². The van der Waals surface area contributed by atoms with Crippen LogP contribution in [0.4, 0.5) is 11.4 Å². The molecule has 0 radical (unpaired) electrons. The molecule has 0 aliphatic rings. The molecule has 6 nitrogen and oxygen atoms in total. The van der Waals surface area contributed by atoms with Crippen LogP contribution in [0.2, 0.25) is 0 Å². The summed E-state index contributed by atoms with van der Waals surface area (Å²) < 4.78 is 11.3. The summed E-state index contributed by atoms with van der Waals surface area (Å²) in [5.41, 5.74) is 1.70. The third-order valence-corrected chi connectivity index (χ3v) is 4.19. The van der Waals surface area contributed by atoms with Crippen LogP contribution < -0.4 is 20.1 Å². The predicted octanol–water partition coefficient (Wildman–Crippen LogP) is 4.75. The Balaban J connectivity index is 1.54. The zero-order valence-corrected chi connectivity index (χ0v) is 16.8. The van der Waals surface area contributed by atoms with Crippen molar-refractivity contribution < 1.29 is 19.1 Å². The van der Waals surface area contributed by atoms with Gasteiger partial charge >= 0.3 is 0 Å². The average molecular weight is 404 g/mol. The topological polar surface area (TPSA) is 76.7 Å². The molecule has 0 unspecified atom stereocenters. The maximum absolute atomic E-state index is 12.6. The Morgan fingerprint density at radius 3 is 2.10 bits per heavy atom. The zero-order chi connectivity index (χ0) is 21.2. The van der Waals surface area contributed by atoms with E-state index < -0.39 is 0 Å². The highest BCUT2D eigenvalue weighted by atomic mass is 16.5. The molecule has 2 N–H and O–H groups in total. The molecule has 3 aromatic carbocycles. The number of rotatable bonds is 9. The second-order valence-electron chi connectivity index (χ2n) is 6.47. The summed E-state index contributed by atoms with van der Waals surface area (Å²) >= 11 is 0. The largest absolute Gasteiger partial charge is 0.490 e. The maximum atomic E-state index is 12.6. The minimum Gasteiger partial charge on any atom is -0.490 e. The molecular formula is C24H24N2O4. The number of para-hydroxylation sites is 1. The van der Waals surface area contributed by atoms with Crippen LogP contribution in [0, 0.1) is 0 Å². The number of amides is 2. The smallest absolute Gasteiger partial charge is 0.255 e. The van der Waals surface area contributed by atoms with Crippen LogP contribution >= 0.6 is 0 Å². The fourth-order valence-electron chi connectivity index (χ4n) is 2.69. The van der Waals surface area contributed by atoms with E-state index in [1.165, 1.54) is 0 Å². The zero-order valence-electron chi connectivity index (χ0n) is 16.8. The van der Waals surface area contributed by atoms with Gasteiger partial charge in [-0.1, -0.05) is 37.3 Å². The van der Waals surface area contributed by atoms with Crippen molar-refractivity contribution in [3.8, 4) is 11.5 Å². The van der Waals surface area contributed by atoms with Gasteiger partial charge in [0, 0.05) is 23.4 Å². The predicted molar refractivity (Wildman–Crippen MR) is 117 cm³/mol. The van der Waals surface area contributed by atoms with Gasteiger partial charge in [0.2, 0.25) is 5.91 Å². The first kappa shape index (κ1) is 20.9. The third kappa shape index (κ3) is 6.38. The minimum atomic E-state index is -0.264. The fourth-order valence-corrected chi connectivity index (χ4v) is 2.69. The molecule has 0 saturated carbocycles. The summed E-state index contributed by atoms with van der Waals surface area (Å²) in [5.74, 6) is 1.02. The lowest BCUT2D eigenvalue weighted by atomic mass is 10.2. The molecule has 0 aliphatic carbocycles. The molecule has 0 saturated heterocycles. The second-order valence-corrected chi connectivity index (χ2v) is 6.47. The Bertz CT molecular complexity index is 989. The Morgan fingerprint density at radius 2 is 1.37 bits per heavy atom. The van der Waals surface area contributed by atoms with E-state index in [1.54, 1.807) is 55.5 Å². The fraction of sp³-hybridized carbons (Fsp3) is 0.167. The number of hydrogen-bond acceptors (Lipinski definition) is 4. The van der Waals surface area contributed by atoms with Crippen molar-refractivity contribution in [2.24, 2.45) is 0 Å². The molecule has 0 heterocycles. The van der Waals surface area contributed by atoms with Gasteiger partial charge in [0.15, 0.2) is 0 Å². The molecule has 2 amide bonds. The number of ether oxygens (including phenoxy) is 2. The molecule has 0 atom stereocenters. The number of carbonyl (C=O) groups is 2. The molecule has 3 rings (SSSR count). The standard InChI is InChI=1S/C24H24N2O4/c1-2-23(27)25-19-9-7-10-20(17-19)26-24(28)18-8-6-13-22(16-18)30-15-14-29-21-11-4-3-5-12-21/h3-13,16-17H,2,14-15H2,1H3,(H,25,27)(H,26,28). The van der Waals surface area contributed by atoms with Gasteiger partial charge in [-0.05, 0) is 48.5 Å². The van der Waals surface area contributed by atoms with Crippen molar-refractivity contribution in [1.82, 2.24) is 0 Å². The number of hydrogen-bond donors (Lipinski definition) is 2. The molecule has 0 aliphatic heterocycles. The lowest BCUT2D eigenvalue weighted by Gasteiger charge is -2.11. The maximum Gasteiger partial charge on any atom is 0.255 e. The van der Waals surface area contributed by atoms with E-state index in [1.807, 2.05) is 30.3 Å². The van der Waals surface area contributed by atoms with Crippen LogP contribution in [0.25, 0.3) is 0 Å². The normalized spacial score (nSPS) is 10.2. The quantitative estimate of drug-likeness (QED) is 0.505. The van der Waals surface area contributed by atoms with Gasteiger partial charge in [0.05, 0.1) is 0 Å². The van der Waals surface area contributed by atoms with Crippen molar-refractivity contribution in [3.05, 3.63) is 84.4 Å². The Labute approximate surface area is 175 Å². The van der Waals surface area contributed by atoms with Crippen LogP contribution in [0.3, 0.4) is 0 Å². The molecule has 0 aromatic heterocycles. The third-order valence-electron chi connectivity index (χ3n) is 4.19. The molecule has 30 heavy (non-hydrogen) atoms. The SMILES string of the molecule is CCC(=O)Nc1cccc(NC(=O)c2cccc(OCCOc3ccccc3)c2)c1. The van der Waals surface area contributed by atoms with Crippen LogP contribution in [0.15, 0.2) is 78.9 Å². The van der Waals surface area contributed by atoms with Gasteiger partial charge in [0.1, 0.15) is 24.7 Å². The number of benzene rings is 3. The lowest BCUT2D eigenvalue weighted by molar-refractivity contribution is -0.115. The number of anilines is 2. The summed E-state index contributed by atoms with van der Waals surface area (Å²) in [6.45, 7) is 2.54. The molecule has 3 aromatic rings. The number of carbonyl (C=O) groups excluding carboxylic acids is 2. The van der Waals surface area contributed by atoms with E-state index >= 15 is 0 Å². The van der Waals surface area contributed by atoms with Crippen molar-refractivity contribution >= 4 is 23.2 Å². The van der Waals surface area contributed by atoms with E-state index in [4.69, 9.17) is 9.47 Å². The summed E-state index contributed by atoms with van der Waals surface area (Å²) in [4.78, 5) is 24.1. The molecular weight excluding hydrogens is 380 g/mol. The summed E-state index contributed by atoms with van der Waals surface area (Å²) in [5, 5.41) is 5.61. The first-order valence-electron chi connectivity index (χ1n) is 9.76. The van der Waals surface area contributed by atoms with E-state index in [0.29, 0.717) is 42.3 Å². The molecule has 154 valence electrons. The van der Waals surface area contributed by atoms with Gasteiger partial charge in [-0.25, -0.2) is 0 Å². The van der Waals surface area contributed by atoms with Gasteiger partial charge in [-0.2, -0.15) is 0 Å². The highest BCUT2D eigenvalue weighted by Gasteiger charge is 2.08. The van der Waals surface area contributed by atoms with Crippen molar-refractivity contribution in [2.75, 3.05) is 23.8 Å². The first-order valence-corrected chi connectivity index (χ1v) is 9.76. The molecule has 0 fully saturated rings. The Morgan fingerprint density at radius 1 is 0.733 bits per heavy atom. The van der Waals surface area contributed by atoms with Crippen LogP contribution in [-0.4, -0.2) is 25.0 Å². The Hall–Kier alpha value is -3.80. The summed E-state index contributed by atoms with van der Waals surface area (Å²) in [6.07, 6.45) is 0.389. The minimum absolute atomic E-state index is 0.0837. The Kier molecular flexibility index (Phi) is 7.44. The molecule has 6 heteroatoms. The van der Waals surface area contributed by atoms with Crippen molar-refractivity contribution in [2.45, 2.75) is 13.3 Å². The van der Waals surface area contributed by atoms with E-state index in [0.717, 1.165) is 5.75 Å². The van der Waals surface area contributed by atoms with E-state index in [9.17, 15) is 9.59 Å². The second kappa shape index (κ2) is 10.7. The summed E-state index contributed by atoms with van der Waals surface area (Å²) in [6, 6.07) is 23.5. The van der Waals surface area contributed by atoms with Crippen LogP contribution in [0.1, 0.15) is 23.7 Å². The van der Waals surface area contributed by atoms with Gasteiger partial charge in [-0.15, -0.1) is 0 Å². The van der Waals surface area contributed by atoms with E-state index in [-0.39, 0.29) is 11.8 Å². The summed E-state index contributed by atoms with van der Waals surface area (Å²) in [7, 11) is 0. The van der Waals surface area contributed by atoms with Gasteiger partial charge in [0.25, 0.3) is 5.91 Å². The monoisotopic (exact) mass is 404 g/mol. The van der Waals surface area contributed by atoms with Crippen molar-refractivity contribution in [3.63, 3.8) is 0 Å².